The number of rotatable bonds is 9. The molecule has 1 nitrogen and oxygen atoms in total. The Bertz CT molecular complexity index is 2710. The SMILES string of the molecule is C=C(C)/C(=C(/C)C(C)=C(C)C)c1c(C)c(-c2ccc3c(c2)c2ccc(C4=CCC(C)C=C4)cc2n3-c2ccc(C3C=CC=CC3=C)c(C)c2)c(C)c(C)c1C(C)CC. The lowest BCUT2D eigenvalue weighted by Gasteiger charge is -2.29. The molecule has 0 saturated heterocycles. The van der Waals surface area contributed by atoms with Crippen LogP contribution in [0.15, 0.2) is 138 Å². The third-order valence-electron chi connectivity index (χ3n) is 13.5. The summed E-state index contributed by atoms with van der Waals surface area (Å²) >= 11 is 0. The Kier molecular flexibility index (Phi) is 11.3. The number of hydrogen-bond donors (Lipinski definition) is 0. The van der Waals surface area contributed by atoms with Gasteiger partial charge >= 0.3 is 0 Å². The Morgan fingerprint density at radius 1 is 0.776 bits per heavy atom. The van der Waals surface area contributed by atoms with Crippen LogP contribution in [0.2, 0.25) is 0 Å². The minimum atomic E-state index is 0.195. The van der Waals surface area contributed by atoms with Crippen molar-refractivity contribution in [2.45, 2.75) is 108 Å². The Hall–Kier alpha value is -5.40. The molecule has 2 aliphatic carbocycles. The molecule has 1 aromatic heterocycles. The summed E-state index contributed by atoms with van der Waals surface area (Å²) in [5, 5.41) is 2.54. The number of aryl methyl sites for hydroxylation is 1. The minimum Gasteiger partial charge on any atom is -0.309 e. The fourth-order valence-corrected chi connectivity index (χ4v) is 9.65. The highest BCUT2D eigenvalue weighted by atomic mass is 15.0. The molecule has 3 atom stereocenters. The molecule has 1 heterocycles. The van der Waals surface area contributed by atoms with Gasteiger partial charge in [0.25, 0.3) is 0 Å². The van der Waals surface area contributed by atoms with Gasteiger partial charge in [0.1, 0.15) is 0 Å². The second-order valence-corrected chi connectivity index (χ2v) is 17.6. The van der Waals surface area contributed by atoms with E-state index in [0.29, 0.717) is 11.8 Å². The maximum absolute atomic E-state index is 4.61. The third kappa shape index (κ3) is 7.08. The van der Waals surface area contributed by atoms with E-state index in [4.69, 9.17) is 0 Å². The molecule has 0 N–H and O–H groups in total. The monoisotopic (exact) mass is 761 g/mol. The van der Waals surface area contributed by atoms with Crippen molar-refractivity contribution in [2.24, 2.45) is 5.92 Å². The highest BCUT2D eigenvalue weighted by Crippen LogP contribution is 2.46. The van der Waals surface area contributed by atoms with Crippen molar-refractivity contribution in [3.63, 3.8) is 0 Å². The summed E-state index contributed by atoms with van der Waals surface area (Å²) in [6.07, 6.45) is 17.8. The van der Waals surface area contributed by atoms with Crippen molar-refractivity contribution >= 4 is 33.0 Å². The molecule has 0 aliphatic heterocycles. The normalized spacial score (nSPS) is 17.5. The summed E-state index contributed by atoms with van der Waals surface area (Å²) < 4.78 is 2.49. The van der Waals surface area contributed by atoms with Gasteiger partial charge in [0, 0.05) is 22.4 Å². The van der Waals surface area contributed by atoms with E-state index < -0.39 is 0 Å². The van der Waals surface area contributed by atoms with Gasteiger partial charge in [-0.15, -0.1) is 0 Å². The Labute approximate surface area is 349 Å². The first-order chi connectivity index (χ1) is 27.6. The van der Waals surface area contributed by atoms with Crippen molar-refractivity contribution in [3.05, 3.63) is 183 Å². The van der Waals surface area contributed by atoms with Gasteiger partial charge < -0.3 is 4.57 Å². The van der Waals surface area contributed by atoms with Crippen LogP contribution in [0.1, 0.15) is 125 Å². The minimum absolute atomic E-state index is 0.195. The van der Waals surface area contributed by atoms with Crippen LogP contribution in [-0.2, 0) is 0 Å². The summed E-state index contributed by atoms with van der Waals surface area (Å²) in [6, 6.07) is 21.3. The molecule has 5 aromatic rings. The molecule has 7 rings (SSSR count). The van der Waals surface area contributed by atoms with Crippen LogP contribution in [0, 0.1) is 33.6 Å². The zero-order valence-electron chi connectivity index (χ0n) is 37.2. The molecule has 0 fully saturated rings. The predicted molar refractivity (Wildman–Crippen MR) is 256 cm³/mol. The summed E-state index contributed by atoms with van der Waals surface area (Å²) in [5.41, 5.74) is 25.8. The van der Waals surface area contributed by atoms with E-state index in [1.54, 1.807) is 0 Å². The molecule has 58 heavy (non-hydrogen) atoms. The number of nitrogens with zero attached hydrogens (tertiary/aromatic N) is 1. The van der Waals surface area contributed by atoms with Crippen molar-refractivity contribution in [3.8, 4) is 16.8 Å². The maximum atomic E-state index is 4.61. The molecule has 0 amide bonds. The van der Waals surface area contributed by atoms with E-state index in [1.807, 2.05) is 0 Å². The molecule has 0 bridgehead atoms. The lowest BCUT2D eigenvalue weighted by atomic mass is 9.75. The van der Waals surface area contributed by atoms with Crippen LogP contribution >= 0.6 is 0 Å². The largest absolute Gasteiger partial charge is 0.309 e. The molecular formula is C57H63N. The van der Waals surface area contributed by atoms with Gasteiger partial charge in [-0.1, -0.05) is 112 Å². The molecule has 0 spiro atoms. The quantitative estimate of drug-likeness (QED) is 0.132. The van der Waals surface area contributed by atoms with Crippen LogP contribution in [0.3, 0.4) is 0 Å². The van der Waals surface area contributed by atoms with Crippen LogP contribution in [0.25, 0.3) is 49.8 Å². The van der Waals surface area contributed by atoms with Gasteiger partial charge in [0.2, 0.25) is 0 Å². The highest BCUT2D eigenvalue weighted by Gasteiger charge is 2.26. The van der Waals surface area contributed by atoms with Gasteiger partial charge in [-0.05, 0) is 201 Å². The van der Waals surface area contributed by atoms with Crippen molar-refractivity contribution < 1.29 is 0 Å². The van der Waals surface area contributed by atoms with E-state index in [1.165, 1.54) is 111 Å². The van der Waals surface area contributed by atoms with Crippen LogP contribution < -0.4 is 0 Å². The van der Waals surface area contributed by atoms with Gasteiger partial charge in [-0.25, -0.2) is 0 Å². The molecular weight excluding hydrogens is 699 g/mol. The van der Waals surface area contributed by atoms with Crippen LogP contribution in [0.5, 0.6) is 0 Å². The van der Waals surface area contributed by atoms with E-state index in [9.17, 15) is 0 Å². The second-order valence-electron chi connectivity index (χ2n) is 17.6. The zero-order valence-corrected chi connectivity index (χ0v) is 37.2. The Balaban J connectivity index is 1.51. The van der Waals surface area contributed by atoms with Crippen LogP contribution in [0.4, 0.5) is 0 Å². The van der Waals surface area contributed by atoms with E-state index in [2.05, 4.69) is 198 Å². The van der Waals surface area contributed by atoms with Crippen molar-refractivity contribution in [1.82, 2.24) is 4.57 Å². The summed E-state index contributed by atoms with van der Waals surface area (Å²) in [4.78, 5) is 0. The lowest BCUT2D eigenvalue weighted by Crippen LogP contribution is -2.10. The van der Waals surface area contributed by atoms with Gasteiger partial charge in [-0.2, -0.15) is 0 Å². The molecule has 0 radical (unpaired) electrons. The van der Waals surface area contributed by atoms with Crippen LogP contribution in [-0.4, -0.2) is 4.57 Å². The van der Waals surface area contributed by atoms with Gasteiger partial charge in [0.15, 0.2) is 0 Å². The molecule has 2 aliphatic rings. The molecule has 3 unspecified atom stereocenters. The number of fused-ring (bicyclic) bond motifs is 3. The lowest BCUT2D eigenvalue weighted by molar-refractivity contribution is 0.724. The number of benzene rings is 4. The van der Waals surface area contributed by atoms with E-state index in [-0.39, 0.29) is 5.92 Å². The average molecular weight is 762 g/mol. The summed E-state index contributed by atoms with van der Waals surface area (Å²) in [7, 11) is 0. The Morgan fingerprint density at radius 3 is 2.16 bits per heavy atom. The second kappa shape index (κ2) is 16.1. The molecule has 0 saturated carbocycles. The van der Waals surface area contributed by atoms with E-state index in [0.717, 1.165) is 24.0 Å². The third-order valence-corrected chi connectivity index (χ3v) is 13.5. The summed E-state index contributed by atoms with van der Waals surface area (Å²) in [6.45, 7) is 36.5. The number of hydrogen-bond acceptors (Lipinski definition) is 0. The summed E-state index contributed by atoms with van der Waals surface area (Å²) in [5.74, 6) is 1.18. The smallest absolute Gasteiger partial charge is 0.0547 e. The first-order valence-electron chi connectivity index (χ1n) is 21.4. The fourth-order valence-electron chi connectivity index (χ4n) is 9.65. The number of aromatic nitrogens is 1. The van der Waals surface area contributed by atoms with Gasteiger partial charge in [0.05, 0.1) is 11.0 Å². The molecule has 1 heteroatoms. The Morgan fingerprint density at radius 2 is 1.52 bits per heavy atom. The van der Waals surface area contributed by atoms with Crippen molar-refractivity contribution in [2.75, 3.05) is 0 Å². The number of allylic oxidation sites excluding steroid dienone is 14. The maximum Gasteiger partial charge on any atom is 0.0547 e. The average Bonchev–Trinajstić information content (AvgIpc) is 3.52. The predicted octanol–water partition coefficient (Wildman–Crippen LogP) is 16.6. The molecule has 296 valence electrons. The highest BCUT2D eigenvalue weighted by molar-refractivity contribution is 6.11. The van der Waals surface area contributed by atoms with E-state index >= 15 is 0 Å². The molecule has 4 aromatic carbocycles. The van der Waals surface area contributed by atoms with Gasteiger partial charge in [-0.3, -0.25) is 0 Å². The fraction of sp³-hybridized carbons (Fsp3) is 0.298. The zero-order chi connectivity index (χ0) is 41.7. The topological polar surface area (TPSA) is 4.93 Å². The standard InChI is InChI=1S/C57H63N/c1-15-36(7)55-41(12)42(13)56(43(14)57(55)54(34(4)5)40(11)39(10)33(2)3)46-25-29-52-51(31-46)50-27-24-45(44-22-20-35(6)21-23-44)32-53(50)58(52)47-26-28-49(38(9)30-47)48-19-17-16-18-37(48)8/h16-20,22-32,35-36,48H,4,8,15,21H2,1-3,5-7,9-14H3/b54-40+. The first-order valence-corrected chi connectivity index (χ1v) is 21.4. The van der Waals surface area contributed by atoms with Crippen molar-refractivity contribution in [1.29, 1.82) is 0 Å². The first kappa shape index (κ1) is 40.8.